The van der Waals surface area contributed by atoms with E-state index in [0.717, 1.165) is 12.1 Å². The summed E-state index contributed by atoms with van der Waals surface area (Å²) in [6.45, 7) is 0. The SMILES string of the molecule is N#Cc1ccccc1CS(=O)(=O)c1cc(N)cc(F)c1. The molecule has 2 aromatic carbocycles. The van der Waals surface area contributed by atoms with Gasteiger partial charge in [0.1, 0.15) is 5.82 Å². The first-order chi connectivity index (χ1) is 9.42. The molecule has 0 saturated heterocycles. The maximum Gasteiger partial charge on any atom is 0.182 e. The van der Waals surface area contributed by atoms with Crippen LogP contribution in [0.1, 0.15) is 11.1 Å². The smallest absolute Gasteiger partial charge is 0.182 e. The molecule has 102 valence electrons. The van der Waals surface area contributed by atoms with Crippen LogP contribution in [0.5, 0.6) is 0 Å². The molecule has 0 saturated carbocycles. The number of nitrogen functional groups attached to an aromatic ring is 1. The van der Waals surface area contributed by atoms with Gasteiger partial charge in [-0.15, -0.1) is 0 Å². The van der Waals surface area contributed by atoms with E-state index in [4.69, 9.17) is 11.0 Å². The van der Waals surface area contributed by atoms with Gasteiger partial charge >= 0.3 is 0 Å². The molecule has 2 aromatic rings. The third-order valence-electron chi connectivity index (χ3n) is 2.74. The van der Waals surface area contributed by atoms with E-state index in [1.807, 2.05) is 6.07 Å². The van der Waals surface area contributed by atoms with E-state index in [9.17, 15) is 12.8 Å². The zero-order valence-corrected chi connectivity index (χ0v) is 11.2. The maximum atomic E-state index is 13.2. The Morgan fingerprint density at radius 2 is 1.90 bits per heavy atom. The van der Waals surface area contributed by atoms with E-state index < -0.39 is 15.7 Å². The second kappa shape index (κ2) is 5.31. The Labute approximate surface area is 116 Å². The van der Waals surface area contributed by atoms with Crippen molar-refractivity contribution in [3.05, 3.63) is 59.4 Å². The highest BCUT2D eigenvalue weighted by Crippen LogP contribution is 2.21. The van der Waals surface area contributed by atoms with Crippen LogP contribution in [0.15, 0.2) is 47.4 Å². The minimum Gasteiger partial charge on any atom is -0.399 e. The average Bonchev–Trinajstić information content (AvgIpc) is 2.38. The fourth-order valence-corrected chi connectivity index (χ4v) is 3.24. The molecule has 0 aliphatic rings. The van der Waals surface area contributed by atoms with Gasteiger partial charge < -0.3 is 5.73 Å². The van der Waals surface area contributed by atoms with Gasteiger partial charge in [-0.1, -0.05) is 18.2 Å². The molecule has 6 heteroatoms. The minimum atomic E-state index is -3.76. The molecule has 4 nitrogen and oxygen atoms in total. The first-order valence-electron chi connectivity index (χ1n) is 5.69. The molecular formula is C14H11FN2O2S. The van der Waals surface area contributed by atoms with Crippen molar-refractivity contribution >= 4 is 15.5 Å². The summed E-state index contributed by atoms with van der Waals surface area (Å²) in [7, 11) is -3.76. The van der Waals surface area contributed by atoms with Gasteiger partial charge in [0.15, 0.2) is 9.84 Å². The summed E-state index contributed by atoms with van der Waals surface area (Å²) >= 11 is 0. The van der Waals surface area contributed by atoms with E-state index in [1.165, 1.54) is 12.1 Å². The summed E-state index contributed by atoms with van der Waals surface area (Å²) in [5.74, 6) is -1.09. The van der Waals surface area contributed by atoms with Crippen molar-refractivity contribution < 1.29 is 12.8 Å². The van der Waals surface area contributed by atoms with Crippen LogP contribution >= 0.6 is 0 Å². The Morgan fingerprint density at radius 1 is 1.20 bits per heavy atom. The van der Waals surface area contributed by atoms with Crippen LogP contribution in [-0.2, 0) is 15.6 Å². The largest absolute Gasteiger partial charge is 0.399 e. The standard InChI is InChI=1S/C14H11FN2O2S/c15-12-5-13(17)7-14(6-12)20(18,19)9-11-4-2-1-3-10(11)8-16/h1-7H,9,17H2. The summed E-state index contributed by atoms with van der Waals surface area (Å²) in [4.78, 5) is -0.192. The quantitative estimate of drug-likeness (QED) is 0.879. The van der Waals surface area contributed by atoms with Crippen LogP contribution in [0.4, 0.5) is 10.1 Å². The number of nitriles is 1. The third kappa shape index (κ3) is 2.95. The Balaban J connectivity index is 2.44. The molecule has 0 radical (unpaired) electrons. The highest BCUT2D eigenvalue weighted by atomic mass is 32.2. The number of sulfone groups is 1. The predicted molar refractivity (Wildman–Crippen MR) is 72.9 cm³/mol. The van der Waals surface area contributed by atoms with Crippen LogP contribution in [-0.4, -0.2) is 8.42 Å². The molecule has 0 heterocycles. The van der Waals surface area contributed by atoms with Crippen LogP contribution in [0.25, 0.3) is 0 Å². The van der Waals surface area contributed by atoms with Gasteiger partial charge in [0.25, 0.3) is 0 Å². The minimum absolute atomic E-state index is 0.0390. The summed E-state index contributed by atoms with van der Waals surface area (Å²) in [5.41, 5.74) is 6.14. The lowest BCUT2D eigenvalue weighted by Crippen LogP contribution is -2.07. The van der Waals surface area contributed by atoms with Crippen molar-refractivity contribution in [1.29, 1.82) is 5.26 Å². The Morgan fingerprint density at radius 3 is 2.55 bits per heavy atom. The fraction of sp³-hybridized carbons (Fsp3) is 0.0714. The molecule has 0 aliphatic heterocycles. The number of hydrogen-bond acceptors (Lipinski definition) is 4. The normalized spacial score (nSPS) is 11.0. The van der Waals surface area contributed by atoms with Crippen molar-refractivity contribution in [3.63, 3.8) is 0 Å². The second-order valence-electron chi connectivity index (χ2n) is 4.25. The summed E-state index contributed by atoms with van der Waals surface area (Å²) < 4.78 is 37.7. The van der Waals surface area contributed by atoms with Gasteiger partial charge in [-0.25, -0.2) is 12.8 Å². The van der Waals surface area contributed by atoms with Gasteiger partial charge in [0, 0.05) is 5.69 Å². The molecule has 0 spiro atoms. The summed E-state index contributed by atoms with van der Waals surface area (Å²) in [6, 6.07) is 11.5. The van der Waals surface area contributed by atoms with Crippen molar-refractivity contribution in [1.82, 2.24) is 0 Å². The number of nitrogens with two attached hydrogens (primary N) is 1. The highest BCUT2D eigenvalue weighted by Gasteiger charge is 2.18. The molecular weight excluding hydrogens is 279 g/mol. The molecule has 2 rings (SSSR count). The Hall–Kier alpha value is -2.39. The van der Waals surface area contributed by atoms with Gasteiger partial charge in [-0.05, 0) is 29.8 Å². The number of hydrogen-bond donors (Lipinski definition) is 1. The van der Waals surface area contributed by atoms with Gasteiger partial charge in [0.05, 0.1) is 22.3 Å². The fourth-order valence-electron chi connectivity index (χ4n) is 1.81. The van der Waals surface area contributed by atoms with Crippen LogP contribution in [0.3, 0.4) is 0 Å². The maximum absolute atomic E-state index is 13.2. The first kappa shape index (κ1) is 14.0. The molecule has 0 aromatic heterocycles. The van der Waals surface area contributed by atoms with Crippen LogP contribution in [0, 0.1) is 17.1 Å². The van der Waals surface area contributed by atoms with Crippen molar-refractivity contribution in [2.24, 2.45) is 0 Å². The number of nitrogens with zero attached hydrogens (tertiary/aromatic N) is 1. The topological polar surface area (TPSA) is 84.0 Å². The third-order valence-corrected chi connectivity index (χ3v) is 4.38. The molecule has 0 aliphatic carbocycles. The van der Waals surface area contributed by atoms with E-state index in [2.05, 4.69) is 0 Å². The molecule has 0 amide bonds. The molecule has 2 N–H and O–H groups in total. The van der Waals surface area contributed by atoms with E-state index in [0.29, 0.717) is 5.56 Å². The first-order valence-corrected chi connectivity index (χ1v) is 7.34. The number of benzene rings is 2. The van der Waals surface area contributed by atoms with Gasteiger partial charge in [0.2, 0.25) is 0 Å². The highest BCUT2D eigenvalue weighted by molar-refractivity contribution is 7.90. The van der Waals surface area contributed by atoms with Crippen molar-refractivity contribution in [3.8, 4) is 6.07 Å². The number of rotatable bonds is 3. The van der Waals surface area contributed by atoms with Crippen LogP contribution < -0.4 is 5.73 Å². The van der Waals surface area contributed by atoms with E-state index in [-0.39, 0.29) is 21.9 Å². The molecule has 20 heavy (non-hydrogen) atoms. The lowest BCUT2D eigenvalue weighted by atomic mass is 10.1. The number of halogens is 1. The lowest BCUT2D eigenvalue weighted by Gasteiger charge is -2.07. The van der Waals surface area contributed by atoms with Gasteiger partial charge in [-0.3, -0.25) is 0 Å². The molecule has 0 fully saturated rings. The van der Waals surface area contributed by atoms with Crippen molar-refractivity contribution in [2.45, 2.75) is 10.6 Å². The number of anilines is 1. The zero-order valence-electron chi connectivity index (χ0n) is 10.4. The summed E-state index contributed by atoms with van der Waals surface area (Å²) in [6.07, 6.45) is 0. The summed E-state index contributed by atoms with van der Waals surface area (Å²) in [5, 5.41) is 8.95. The lowest BCUT2D eigenvalue weighted by molar-refractivity contribution is 0.590. The van der Waals surface area contributed by atoms with E-state index >= 15 is 0 Å². The second-order valence-corrected chi connectivity index (χ2v) is 6.24. The monoisotopic (exact) mass is 290 g/mol. The molecule has 0 unspecified atom stereocenters. The van der Waals surface area contributed by atoms with E-state index in [1.54, 1.807) is 18.2 Å². The average molecular weight is 290 g/mol. The van der Waals surface area contributed by atoms with Crippen LogP contribution in [0.2, 0.25) is 0 Å². The molecule has 0 bridgehead atoms. The molecule has 0 atom stereocenters. The Kier molecular flexibility index (Phi) is 3.72. The predicted octanol–water partition coefficient (Wildman–Crippen LogP) is 2.25. The Bertz CT molecular complexity index is 775. The van der Waals surface area contributed by atoms with Gasteiger partial charge in [-0.2, -0.15) is 5.26 Å². The van der Waals surface area contributed by atoms with Crippen molar-refractivity contribution in [2.75, 3.05) is 5.73 Å². The zero-order chi connectivity index (χ0) is 14.8.